The molecule has 0 aromatic carbocycles. The van der Waals surface area contributed by atoms with Gasteiger partial charge in [-0.05, 0) is 32.6 Å². The predicted octanol–water partition coefficient (Wildman–Crippen LogP) is 1.44. The second kappa shape index (κ2) is 4.50. The lowest BCUT2D eigenvalue weighted by molar-refractivity contribution is -0.164. The van der Waals surface area contributed by atoms with Crippen molar-refractivity contribution in [3.05, 3.63) is 0 Å². The van der Waals surface area contributed by atoms with Crippen molar-refractivity contribution in [1.82, 2.24) is 0 Å². The van der Waals surface area contributed by atoms with Gasteiger partial charge in [-0.2, -0.15) is 0 Å². The van der Waals surface area contributed by atoms with Gasteiger partial charge in [-0.1, -0.05) is 19.8 Å². The maximum absolute atomic E-state index is 10.3. The Morgan fingerprint density at radius 2 is 2.12 bits per heavy atom. The minimum Gasteiger partial charge on any atom is -0.387 e. The van der Waals surface area contributed by atoms with E-state index in [2.05, 4.69) is 6.92 Å². The topological polar surface area (TPSA) is 58.9 Å². The summed E-state index contributed by atoms with van der Waals surface area (Å²) in [5.41, 5.74) is -0.941. The molecule has 4 heteroatoms. The molecule has 2 fully saturated rings. The molecule has 1 saturated carbocycles. The molecule has 1 aliphatic heterocycles. The Morgan fingerprint density at radius 3 is 2.65 bits per heavy atom. The largest absolute Gasteiger partial charge is 0.387 e. The van der Waals surface area contributed by atoms with E-state index in [4.69, 9.17) is 9.47 Å². The predicted molar refractivity (Wildman–Crippen MR) is 63.5 cm³/mol. The van der Waals surface area contributed by atoms with Gasteiger partial charge in [-0.15, -0.1) is 0 Å². The van der Waals surface area contributed by atoms with Gasteiger partial charge < -0.3 is 19.7 Å². The van der Waals surface area contributed by atoms with Crippen LogP contribution in [0.5, 0.6) is 0 Å². The summed E-state index contributed by atoms with van der Waals surface area (Å²) in [6.07, 6.45) is 2.68. The van der Waals surface area contributed by atoms with E-state index in [-0.39, 0.29) is 5.92 Å². The van der Waals surface area contributed by atoms with E-state index >= 15 is 0 Å². The molecule has 1 saturated heterocycles. The Kier molecular flexibility index (Phi) is 3.51. The van der Waals surface area contributed by atoms with Crippen LogP contribution in [0.25, 0.3) is 0 Å². The molecule has 0 bridgehead atoms. The highest BCUT2D eigenvalue weighted by Crippen LogP contribution is 2.51. The molecular weight excluding hydrogens is 220 g/mol. The van der Waals surface area contributed by atoms with Crippen LogP contribution < -0.4 is 0 Å². The van der Waals surface area contributed by atoms with Gasteiger partial charge in [0.15, 0.2) is 5.79 Å². The minimum absolute atomic E-state index is 0.227. The first kappa shape index (κ1) is 13.3. The highest BCUT2D eigenvalue weighted by molar-refractivity contribution is 5.10. The Morgan fingerprint density at radius 1 is 1.41 bits per heavy atom. The third kappa shape index (κ3) is 2.65. The van der Waals surface area contributed by atoms with E-state index in [9.17, 15) is 10.2 Å². The van der Waals surface area contributed by atoms with Gasteiger partial charge in [0.05, 0.1) is 12.2 Å². The normalized spacial score (nSPS) is 41.5. The lowest BCUT2D eigenvalue weighted by Gasteiger charge is -2.25. The van der Waals surface area contributed by atoms with Crippen molar-refractivity contribution in [1.29, 1.82) is 0 Å². The number of aliphatic hydroxyl groups excluding tert-OH is 1. The summed E-state index contributed by atoms with van der Waals surface area (Å²) in [5.74, 6) is -0.416. The van der Waals surface area contributed by atoms with Crippen molar-refractivity contribution in [3.8, 4) is 0 Å². The van der Waals surface area contributed by atoms with Crippen molar-refractivity contribution < 1.29 is 19.7 Å². The van der Waals surface area contributed by atoms with Gasteiger partial charge in [-0.3, -0.25) is 0 Å². The highest BCUT2D eigenvalue weighted by atomic mass is 16.7. The van der Waals surface area contributed by atoms with E-state index in [0.29, 0.717) is 13.0 Å². The first-order chi connectivity index (χ1) is 7.89. The Bertz CT molecular complexity index is 279. The third-order valence-corrected chi connectivity index (χ3v) is 3.92. The van der Waals surface area contributed by atoms with Crippen LogP contribution in [0.3, 0.4) is 0 Å². The molecule has 0 aromatic heterocycles. The maximum Gasteiger partial charge on any atom is 0.163 e. The van der Waals surface area contributed by atoms with Crippen LogP contribution in [-0.2, 0) is 9.47 Å². The number of hydrogen-bond donors (Lipinski definition) is 2. The molecule has 2 rings (SSSR count). The summed E-state index contributed by atoms with van der Waals surface area (Å²) in [6, 6.07) is 0. The summed E-state index contributed by atoms with van der Waals surface area (Å²) in [4.78, 5) is 0. The van der Waals surface area contributed by atoms with Crippen molar-refractivity contribution in [2.24, 2.45) is 5.92 Å². The smallest absolute Gasteiger partial charge is 0.163 e. The molecule has 1 heterocycles. The summed E-state index contributed by atoms with van der Waals surface area (Å²) in [6.45, 7) is 6.14. The quantitative estimate of drug-likeness (QED) is 0.768. The lowest BCUT2D eigenvalue weighted by Crippen LogP contribution is -2.42. The lowest BCUT2D eigenvalue weighted by atomic mass is 10.0. The Balaban J connectivity index is 1.87. The molecule has 0 radical (unpaired) electrons. The number of rotatable bonds is 5. The van der Waals surface area contributed by atoms with E-state index in [0.717, 1.165) is 19.3 Å². The van der Waals surface area contributed by atoms with Gasteiger partial charge in [0.1, 0.15) is 12.2 Å². The van der Waals surface area contributed by atoms with Crippen LogP contribution in [0.2, 0.25) is 0 Å². The standard InChI is InChI=1S/C13H24O4/c1-4-5-6-9-7-13(9,15)11(14)10-8-16-12(2,3)17-10/h9-11,14-15H,4-8H2,1-3H3/t9-,10-,11+,13+/m0/s1. The van der Waals surface area contributed by atoms with Crippen LogP contribution in [0, 0.1) is 5.92 Å². The zero-order valence-electron chi connectivity index (χ0n) is 11.0. The van der Waals surface area contributed by atoms with Gasteiger partial charge in [0.25, 0.3) is 0 Å². The first-order valence-electron chi connectivity index (χ1n) is 6.61. The van der Waals surface area contributed by atoms with E-state index in [1.807, 2.05) is 13.8 Å². The van der Waals surface area contributed by atoms with E-state index in [1.165, 1.54) is 0 Å². The first-order valence-corrected chi connectivity index (χ1v) is 6.61. The molecular formula is C13H24O4. The zero-order chi connectivity index (χ0) is 12.7. The van der Waals surface area contributed by atoms with Crippen LogP contribution in [-0.4, -0.2) is 40.4 Å². The number of unbranched alkanes of at least 4 members (excludes halogenated alkanes) is 1. The number of hydrogen-bond acceptors (Lipinski definition) is 4. The zero-order valence-corrected chi connectivity index (χ0v) is 11.0. The second-order valence-corrected chi connectivity index (χ2v) is 5.85. The molecule has 100 valence electrons. The Hall–Kier alpha value is -0.160. The van der Waals surface area contributed by atoms with Crippen molar-refractivity contribution in [3.63, 3.8) is 0 Å². The number of ether oxygens (including phenoxy) is 2. The molecule has 2 aliphatic rings. The SMILES string of the molecule is CCCC[C@H]1C[C@]1(O)[C@H](O)[C@@H]1COC(C)(C)O1. The molecule has 0 amide bonds. The third-order valence-electron chi connectivity index (χ3n) is 3.92. The molecule has 17 heavy (non-hydrogen) atoms. The molecule has 4 nitrogen and oxygen atoms in total. The average Bonchev–Trinajstić information content (AvgIpc) is 2.79. The van der Waals surface area contributed by atoms with Crippen LogP contribution in [0.4, 0.5) is 0 Å². The molecule has 1 aliphatic carbocycles. The minimum atomic E-state index is -0.941. The molecule has 0 aromatic rings. The van der Waals surface area contributed by atoms with Crippen LogP contribution in [0.1, 0.15) is 46.5 Å². The van der Waals surface area contributed by atoms with Gasteiger partial charge >= 0.3 is 0 Å². The Labute approximate surface area is 103 Å². The average molecular weight is 244 g/mol. The van der Waals surface area contributed by atoms with Crippen molar-refractivity contribution in [2.45, 2.75) is 70.1 Å². The summed E-state index contributed by atoms with van der Waals surface area (Å²) < 4.78 is 11.0. The van der Waals surface area contributed by atoms with Gasteiger partial charge in [0.2, 0.25) is 0 Å². The fourth-order valence-electron chi connectivity index (χ4n) is 2.69. The fourth-order valence-corrected chi connectivity index (χ4v) is 2.69. The van der Waals surface area contributed by atoms with E-state index < -0.39 is 23.6 Å². The van der Waals surface area contributed by atoms with Gasteiger partial charge in [-0.25, -0.2) is 0 Å². The summed E-state index contributed by atoms with van der Waals surface area (Å²) in [5, 5.41) is 20.5. The molecule has 0 unspecified atom stereocenters. The van der Waals surface area contributed by atoms with E-state index in [1.54, 1.807) is 0 Å². The van der Waals surface area contributed by atoms with Crippen molar-refractivity contribution in [2.75, 3.05) is 6.61 Å². The fraction of sp³-hybridized carbons (Fsp3) is 1.00. The van der Waals surface area contributed by atoms with Crippen molar-refractivity contribution >= 4 is 0 Å². The second-order valence-electron chi connectivity index (χ2n) is 5.85. The van der Waals surface area contributed by atoms with Gasteiger partial charge in [0, 0.05) is 0 Å². The van der Waals surface area contributed by atoms with Crippen LogP contribution in [0.15, 0.2) is 0 Å². The van der Waals surface area contributed by atoms with Crippen LogP contribution >= 0.6 is 0 Å². The molecule has 2 N–H and O–H groups in total. The maximum atomic E-state index is 10.3. The molecule has 4 atom stereocenters. The summed E-state index contributed by atoms with van der Waals surface area (Å²) in [7, 11) is 0. The molecule has 0 spiro atoms. The number of aliphatic hydroxyl groups is 2. The monoisotopic (exact) mass is 244 g/mol. The highest BCUT2D eigenvalue weighted by Gasteiger charge is 2.60. The summed E-state index contributed by atoms with van der Waals surface area (Å²) >= 11 is 0.